The number of aliphatic carboxylic acids is 1. The van der Waals surface area contributed by atoms with Gasteiger partial charge in [-0.05, 0) is 31.1 Å². The number of carboxylic acid groups (broad SMARTS) is 1. The number of rotatable bonds is 11. The summed E-state index contributed by atoms with van der Waals surface area (Å²) >= 11 is 0. The predicted octanol–water partition coefficient (Wildman–Crippen LogP) is 4.00. The Labute approximate surface area is 155 Å². The van der Waals surface area contributed by atoms with E-state index in [4.69, 9.17) is 9.47 Å². The summed E-state index contributed by atoms with van der Waals surface area (Å²) in [5.41, 5.74) is -0.416. The smallest absolute Gasteiger partial charge is 0.410 e. The molecule has 0 spiro atoms. The molecular formula is C19H33NO6. The lowest BCUT2D eigenvalue weighted by Gasteiger charge is -2.36. The molecule has 0 heterocycles. The van der Waals surface area contributed by atoms with Crippen LogP contribution in [-0.4, -0.2) is 36.0 Å². The highest BCUT2D eigenvalue weighted by Crippen LogP contribution is 2.38. The number of hydrogen-bond acceptors (Lipinski definition) is 5. The Morgan fingerprint density at radius 1 is 1.08 bits per heavy atom. The van der Waals surface area contributed by atoms with Gasteiger partial charge >= 0.3 is 18.0 Å². The lowest BCUT2D eigenvalue weighted by molar-refractivity contribution is -0.169. The van der Waals surface area contributed by atoms with Gasteiger partial charge in [0.15, 0.2) is 0 Å². The molecule has 1 unspecified atom stereocenters. The monoisotopic (exact) mass is 371 g/mol. The number of unbranched alkanes of at least 4 members (excludes halogenated alkanes) is 1. The molecule has 7 nitrogen and oxygen atoms in total. The van der Waals surface area contributed by atoms with Crippen LogP contribution in [0.25, 0.3) is 0 Å². The highest BCUT2D eigenvalue weighted by molar-refractivity contribution is 5.71. The summed E-state index contributed by atoms with van der Waals surface area (Å²) in [7, 11) is 0. The Morgan fingerprint density at radius 2 is 1.77 bits per heavy atom. The fourth-order valence-corrected chi connectivity index (χ4v) is 3.36. The highest BCUT2D eigenvalue weighted by Gasteiger charge is 2.35. The number of carbonyl (C=O) groups excluding carboxylic acids is 2. The first-order valence-corrected chi connectivity index (χ1v) is 9.76. The molecule has 0 saturated heterocycles. The Balaban J connectivity index is 2.52. The standard InChI is InChI=1S/C19H33NO6/c1-3-5-10-16(23)25-17(9-4-2)26-18(24)20-14-19(13-15(21)22)11-7-6-8-12-19/h17H,3-14H2,1-2H3,(H,20,24)(H,21,22). The van der Waals surface area contributed by atoms with E-state index in [0.29, 0.717) is 19.3 Å². The number of ether oxygens (including phenoxy) is 2. The number of hydrogen-bond donors (Lipinski definition) is 2. The van der Waals surface area contributed by atoms with E-state index in [1.54, 1.807) is 0 Å². The molecule has 0 aromatic heterocycles. The molecule has 0 aliphatic heterocycles. The van der Waals surface area contributed by atoms with E-state index < -0.39 is 23.8 Å². The van der Waals surface area contributed by atoms with Crippen LogP contribution in [0.3, 0.4) is 0 Å². The summed E-state index contributed by atoms with van der Waals surface area (Å²) in [5, 5.41) is 11.9. The number of alkyl carbamates (subject to hydrolysis) is 1. The van der Waals surface area contributed by atoms with Crippen LogP contribution in [0.4, 0.5) is 4.79 Å². The van der Waals surface area contributed by atoms with Crippen molar-refractivity contribution in [3.63, 3.8) is 0 Å². The summed E-state index contributed by atoms with van der Waals surface area (Å²) in [6, 6.07) is 0. The maximum Gasteiger partial charge on any atom is 0.410 e. The second-order valence-corrected chi connectivity index (χ2v) is 7.20. The lowest BCUT2D eigenvalue weighted by Crippen LogP contribution is -2.42. The average Bonchev–Trinajstić information content (AvgIpc) is 2.58. The zero-order chi connectivity index (χ0) is 19.4. The van der Waals surface area contributed by atoms with Crippen molar-refractivity contribution in [3.05, 3.63) is 0 Å². The van der Waals surface area contributed by atoms with Gasteiger partial charge in [0.25, 0.3) is 0 Å². The molecule has 150 valence electrons. The molecule has 1 aliphatic carbocycles. The number of carboxylic acids is 1. The molecule has 1 saturated carbocycles. The molecule has 0 radical (unpaired) electrons. The van der Waals surface area contributed by atoms with Crippen LogP contribution in [0.15, 0.2) is 0 Å². The molecule has 0 aromatic rings. The van der Waals surface area contributed by atoms with Gasteiger partial charge in [-0.15, -0.1) is 0 Å². The van der Waals surface area contributed by atoms with Gasteiger partial charge in [0.1, 0.15) is 0 Å². The SMILES string of the molecule is CCCCC(=O)OC(CCC)OC(=O)NCC1(CC(=O)O)CCCCC1. The van der Waals surface area contributed by atoms with Crippen LogP contribution in [0.5, 0.6) is 0 Å². The third kappa shape index (κ3) is 8.54. The summed E-state index contributed by atoms with van der Waals surface area (Å²) < 4.78 is 10.5. The van der Waals surface area contributed by atoms with Crippen LogP contribution in [0, 0.1) is 5.41 Å². The Morgan fingerprint density at radius 3 is 2.35 bits per heavy atom. The van der Waals surface area contributed by atoms with Crippen molar-refractivity contribution in [2.24, 2.45) is 5.41 Å². The molecule has 7 heteroatoms. The molecule has 1 rings (SSSR count). The van der Waals surface area contributed by atoms with E-state index >= 15 is 0 Å². The van der Waals surface area contributed by atoms with E-state index in [0.717, 1.165) is 44.9 Å². The topological polar surface area (TPSA) is 102 Å². The van der Waals surface area contributed by atoms with Crippen molar-refractivity contribution in [1.82, 2.24) is 5.32 Å². The molecule has 0 aromatic carbocycles. The maximum absolute atomic E-state index is 12.1. The zero-order valence-corrected chi connectivity index (χ0v) is 16.1. The lowest BCUT2D eigenvalue weighted by atomic mass is 9.72. The van der Waals surface area contributed by atoms with Gasteiger partial charge in [-0.25, -0.2) is 4.79 Å². The van der Waals surface area contributed by atoms with Crippen LogP contribution in [0.1, 0.15) is 84.5 Å². The van der Waals surface area contributed by atoms with E-state index in [9.17, 15) is 19.5 Å². The molecule has 1 atom stereocenters. The molecule has 0 bridgehead atoms. The van der Waals surface area contributed by atoms with E-state index in [1.165, 1.54) is 0 Å². The van der Waals surface area contributed by atoms with Crippen LogP contribution in [-0.2, 0) is 19.1 Å². The van der Waals surface area contributed by atoms with Crippen molar-refractivity contribution in [2.45, 2.75) is 90.8 Å². The number of amides is 1. The Bertz CT molecular complexity index is 459. The van der Waals surface area contributed by atoms with E-state index in [2.05, 4.69) is 5.32 Å². The third-order valence-electron chi connectivity index (χ3n) is 4.81. The second kappa shape index (κ2) is 11.8. The van der Waals surface area contributed by atoms with Gasteiger partial charge in [0.2, 0.25) is 6.29 Å². The predicted molar refractivity (Wildman–Crippen MR) is 96.6 cm³/mol. The fourth-order valence-electron chi connectivity index (χ4n) is 3.36. The minimum Gasteiger partial charge on any atom is -0.481 e. The molecular weight excluding hydrogens is 338 g/mol. The van der Waals surface area contributed by atoms with Gasteiger partial charge in [-0.1, -0.05) is 39.5 Å². The van der Waals surface area contributed by atoms with Crippen LogP contribution < -0.4 is 5.32 Å². The van der Waals surface area contributed by atoms with Gasteiger partial charge in [-0.2, -0.15) is 0 Å². The van der Waals surface area contributed by atoms with Crippen molar-refractivity contribution in [2.75, 3.05) is 6.54 Å². The van der Waals surface area contributed by atoms with Crippen molar-refractivity contribution < 1.29 is 29.0 Å². The van der Waals surface area contributed by atoms with Crippen LogP contribution in [0.2, 0.25) is 0 Å². The first-order valence-electron chi connectivity index (χ1n) is 9.76. The van der Waals surface area contributed by atoms with Crippen LogP contribution >= 0.6 is 0 Å². The first-order chi connectivity index (χ1) is 12.4. The summed E-state index contributed by atoms with van der Waals surface area (Å²) in [6.45, 7) is 4.16. The number of carbonyl (C=O) groups is 3. The molecule has 1 aliphatic rings. The van der Waals surface area contributed by atoms with E-state index in [-0.39, 0.29) is 18.9 Å². The maximum atomic E-state index is 12.1. The second-order valence-electron chi connectivity index (χ2n) is 7.20. The average molecular weight is 371 g/mol. The first kappa shape index (κ1) is 22.3. The molecule has 1 fully saturated rings. The summed E-state index contributed by atoms with van der Waals surface area (Å²) in [5.74, 6) is -1.22. The molecule has 2 N–H and O–H groups in total. The van der Waals surface area contributed by atoms with E-state index in [1.807, 2.05) is 13.8 Å². The quantitative estimate of drug-likeness (QED) is 0.420. The fraction of sp³-hybridized carbons (Fsp3) is 0.842. The molecule has 26 heavy (non-hydrogen) atoms. The van der Waals surface area contributed by atoms with Gasteiger partial charge in [-0.3, -0.25) is 9.59 Å². The van der Waals surface area contributed by atoms with Crippen molar-refractivity contribution in [1.29, 1.82) is 0 Å². The third-order valence-corrected chi connectivity index (χ3v) is 4.81. The summed E-state index contributed by atoms with van der Waals surface area (Å²) in [6.07, 6.45) is 6.16. The Hall–Kier alpha value is -1.79. The Kier molecular flexibility index (Phi) is 10.1. The number of esters is 1. The molecule has 1 amide bonds. The number of nitrogens with one attached hydrogen (secondary N) is 1. The minimum absolute atomic E-state index is 0.0394. The normalized spacial score (nSPS) is 17.2. The van der Waals surface area contributed by atoms with Gasteiger partial charge in [0.05, 0.1) is 6.42 Å². The van der Waals surface area contributed by atoms with Crippen molar-refractivity contribution in [3.8, 4) is 0 Å². The largest absolute Gasteiger partial charge is 0.481 e. The van der Waals surface area contributed by atoms with Crippen molar-refractivity contribution >= 4 is 18.0 Å². The zero-order valence-electron chi connectivity index (χ0n) is 16.1. The summed E-state index contributed by atoms with van der Waals surface area (Å²) in [4.78, 5) is 35.1. The van der Waals surface area contributed by atoms with Gasteiger partial charge in [0, 0.05) is 19.4 Å². The minimum atomic E-state index is -0.897. The van der Waals surface area contributed by atoms with Gasteiger partial charge < -0.3 is 19.9 Å². The highest BCUT2D eigenvalue weighted by atomic mass is 16.7.